The number of fused-ring (bicyclic) bond motifs is 1. The predicted molar refractivity (Wildman–Crippen MR) is 82.0 cm³/mol. The third-order valence-electron chi connectivity index (χ3n) is 3.52. The molecule has 96 valence electrons. The maximum atomic E-state index is 5.95. The van der Waals surface area contributed by atoms with Gasteiger partial charge in [0.05, 0.1) is 0 Å². The van der Waals surface area contributed by atoms with Gasteiger partial charge in [-0.1, -0.05) is 67.2 Å². The quantitative estimate of drug-likeness (QED) is 0.597. The van der Waals surface area contributed by atoms with Gasteiger partial charge in [-0.25, -0.2) is 0 Å². The topological polar surface area (TPSA) is 13.1 Å². The van der Waals surface area contributed by atoms with E-state index >= 15 is 0 Å². The summed E-state index contributed by atoms with van der Waals surface area (Å²) in [6, 6.07) is 18.9. The van der Waals surface area contributed by atoms with Crippen molar-refractivity contribution < 1.29 is 4.42 Å². The van der Waals surface area contributed by atoms with E-state index < -0.39 is 0 Å². The lowest BCUT2D eigenvalue weighted by molar-refractivity contribution is 0.504. The van der Waals surface area contributed by atoms with Crippen molar-refractivity contribution in [1.29, 1.82) is 0 Å². The Kier molecular flexibility index (Phi) is 3.34. The van der Waals surface area contributed by atoms with E-state index in [0.29, 0.717) is 5.92 Å². The molecule has 1 nitrogen and oxygen atoms in total. The molecule has 3 rings (SSSR count). The molecule has 0 amide bonds. The van der Waals surface area contributed by atoms with Crippen molar-refractivity contribution in [3.8, 4) is 0 Å². The number of para-hydroxylation sites is 1. The van der Waals surface area contributed by atoms with Crippen LogP contribution >= 0.6 is 11.8 Å². The lowest BCUT2D eigenvalue weighted by Gasteiger charge is -2.12. The van der Waals surface area contributed by atoms with Crippen LogP contribution in [0.3, 0.4) is 0 Å². The Hall–Kier alpha value is -1.67. The van der Waals surface area contributed by atoms with Crippen molar-refractivity contribution in [1.82, 2.24) is 0 Å². The van der Waals surface area contributed by atoms with E-state index in [1.165, 1.54) is 16.5 Å². The molecule has 0 spiro atoms. The van der Waals surface area contributed by atoms with E-state index in [2.05, 4.69) is 55.6 Å². The number of rotatable bonds is 3. The van der Waals surface area contributed by atoms with Crippen LogP contribution < -0.4 is 0 Å². The van der Waals surface area contributed by atoms with Crippen LogP contribution in [0.4, 0.5) is 0 Å². The van der Waals surface area contributed by atoms with Crippen molar-refractivity contribution >= 4 is 22.7 Å². The van der Waals surface area contributed by atoms with Gasteiger partial charge in [0.2, 0.25) is 0 Å². The molecule has 0 saturated carbocycles. The summed E-state index contributed by atoms with van der Waals surface area (Å²) in [4.78, 5) is 0. The largest absolute Gasteiger partial charge is 0.450 e. The van der Waals surface area contributed by atoms with Gasteiger partial charge in [0.15, 0.2) is 5.09 Å². The molecule has 0 N–H and O–H groups in total. The third-order valence-corrected chi connectivity index (χ3v) is 4.19. The minimum absolute atomic E-state index is 0.340. The lowest BCUT2D eigenvalue weighted by Crippen LogP contribution is -1.96. The number of hydrogen-bond donors (Lipinski definition) is 0. The van der Waals surface area contributed by atoms with Crippen molar-refractivity contribution in [3.63, 3.8) is 0 Å². The first-order valence-electron chi connectivity index (χ1n) is 6.41. The number of thioether (sulfide) groups is 1. The second-order valence-corrected chi connectivity index (χ2v) is 5.41. The Morgan fingerprint density at radius 1 is 0.947 bits per heavy atom. The second kappa shape index (κ2) is 5.14. The van der Waals surface area contributed by atoms with Gasteiger partial charge < -0.3 is 4.42 Å². The minimum atomic E-state index is 0.340. The Labute approximate surface area is 117 Å². The van der Waals surface area contributed by atoms with Gasteiger partial charge in [-0.3, -0.25) is 0 Å². The molecule has 0 aliphatic carbocycles. The molecule has 19 heavy (non-hydrogen) atoms. The second-order valence-electron chi connectivity index (χ2n) is 4.64. The Balaban J connectivity index is 2.18. The fourth-order valence-electron chi connectivity index (χ4n) is 2.51. The average molecular weight is 268 g/mol. The Morgan fingerprint density at radius 2 is 1.63 bits per heavy atom. The molecule has 0 aliphatic rings. The Bertz CT molecular complexity index is 685. The molecule has 2 heteroatoms. The first-order chi connectivity index (χ1) is 9.31. The molecule has 3 aromatic rings. The fourth-order valence-corrected chi connectivity index (χ4v) is 3.19. The first kappa shape index (κ1) is 12.4. The summed E-state index contributed by atoms with van der Waals surface area (Å²) in [6.07, 6.45) is 2.07. The van der Waals surface area contributed by atoms with Crippen LogP contribution in [0.1, 0.15) is 24.0 Å². The summed E-state index contributed by atoms with van der Waals surface area (Å²) < 4.78 is 5.95. The highest BCUT2D eigenvalue weighted by atomic mass is 32.2. The van der Waals surface area contributed by atoms with Gasteiger partial charge in [0.25, 0.3) is 0 Å². The molecule has 0 fully saturated rings. The van der Waals surface area contributed by atoms with Crippen LogP contribution in [-0.2, 0) is 0 Å². The summed E-state index contributed by atoms with van der Waals surface area (Å²) in [5, 5.41) is 2.25. The lowest BCUT2D eigenvalue weighted by atomic mass is 9.93. The van der Waals surface area contributed by atoms with Crippen LogP contribution in [0.25, 0.3) is 11.0 Å². The molecule has 0 radical (unpaired) electrons. The highest BCUT2D eigenvalue weighted by Crippen LogP contribution is 2.39. The van der Waals surface area contributed by atoms with E-state index in [1.807, 2.05) is 12.1 Å². The smallest absolute Gasteiger partial charge is 0.165 e. The molecule has 1 unspecified atom stereocenters. The zero-order valence-corrected chi connectivity index (χ0v) is 11.9. The molecule has 0 saturated heterocycles. The summed E-state index contributed by atoms with van der Waals surface area (Å²) >= 11 is 1.68. The molecule has 0 bridgehead atoms. The Morgan fingerprint density at radius 3 is 2.37 bits per heavy atom. The van der Waals surface area contributed by atoms with Crippen LogP contribution in [0.15, 0.2) is 64.1 Å². The molecule has 2 aromatic carbocycles. The molecule has 1 atom stereocenters. The highest BCUT2D eigenvalue weighted by molar-refractivity contribution is 7.98. The van der Waals surface area contributed by atoms with E-state index in [0.717, 1.165) is 10.7 Å². The van der Waals surface area contributed by atoms with Crippen LogP contribution in [0, 0.1) is 0 Å². The molecular formula is C17H16OS. The SMILES string of the molecule is CSc1oc2ccccc2c1C(C)c1ccccc1. The predicted octanol–water partition coefficient (Wildman–Crippen LogP) is 5.31. The van der Waals surface area contributed by atoms with Crippen molar-refractivity contribution in [2.45, 2.75) is 17.9 Å². The normalized spacial score (nSPS) is 12.7. The van der Waals surface area contributed by atoms with Gasteiger partial charge >= 0.3 is 0 Å². The highest BCUT2D eigenvalue weighted by Gasteiger charge is 2.19. The fraction of sp³-hybridized carbons (Fsp3) is 0.176. The molecule has 1 aromatic heterocycles. The third kappa shape index (κ3) is 2.17. The van der Waals surface area contributed by atoms with E-state index in [-0.39, 0.29) is 0 Å². The molecule has 1 heterocycles. The van der Waals surface area contributed by atoms with E-state index in [1.54, 1.807) is 11.8 Å². The molecule has 0 aliphatic heterocycles. The van der Waals surface area contributed by atoms with E-state index in [4.69, 9.17) is 4.42 Å². The van der Waals surface area contributed by atoms with Gasteiger partial charge in [0.1, 0.15) is 5.58 Å². The van der Waals surface area contributed by atoms with Gasteiger partial charge in [-0.2, -0.15) is 0 Å². The number of furan rings is 1. The van der Waals surface area contributed by atoms with E-state index in [9.17, 15) is 0 Å². The van der Waals surface area contributed by atoms with Crippen LogP contribution in [0.5, 0.6) is 0 Å². The molecular weight excluding hydrogens is 252 g/mol. The maximum Gasteiger partial charge on any atom is 0.165 e. The van der Waals surface area contributed by atoms with Gasteiger partial charge in [-0.05, 0) is 17.9 Å². The standard InChI is InChI=1S/C17H16OS/c1-12(13-8-4-3-5-9-13)16-14-10-6-7-11-15(14)18-17(16)19-2/h3-12H,1-2H3. The minimum Gasteiger partial charge on any atom is -0.450 e. The summed E-state index contributed by atoms with van der Waals surface area (Å²) in [5.74, 6) is 0.340. The zero-order valence-electron chi connectivity index (χ0n) is 11.1. The van der Waals surface area contributed by atoms with Crippen molar-refractivity contribution in [2.24, 2.45) is 0 Å². The van der Waals surface area contributed by atoms with Crippen molar-refractivity contribution in [3.05, 3.63) is 65.7 Å². The van der Waals surface area contributed by atoms with Crippen molar-refractivity contribution in [2.75, 3.05) is 6.26 Å². The summed E-state index contributed by atoms with van der Waals surface area (Å²) in [5.41, 5.74) is 3.60. The zero-order chi connectivity index (χ0) is 13.2. The van der Waals surface area contributed by atoms with Gasteiger partial charge in [0, 0.05) is 16.9 Å². The summed E-state index contributed by atoms with van der Waals surface area (Å²) in [6.45, 7) is 2.24. The number of benzene rings is 2. The summed E-state index contributed by atoms with van der Waals surface area (Å²) in [7, 11) is 0. The first-order valence-corrected chi connectivity index (χ1v) is 7.64. The van der Waals surface area contributed by atoms with Gasteiger partial charge in [-0.15, -0.1) is 0 Å². The van der Waals surface area contributed by atoms with Crippen LogP contribution in [-0.4, -0.2) is 6.26 Å². The van der Waals surface area contributed by atoms with Crippen LogP contribution in [0.2, 0.25) is 0 Å². The average Bonchev–Trinajstić information content (AvgIpc) is 2.86. The number of hydrogen-bond acceptors (Lipinski definition) is 2. The maximum absolute atomic E-state index is 5.95. The monoisotopic (exact) mass is 268 g/mol.